The average molecular weight is 288 g/mol. The number of hydroxylamine groups is 1. The van der Waals surface area contributed by atoms with Gasteiger partial charge in [-0.25, -0.2) is 10.3 Å². The first-order chi connectivity index (χ1) is 7.58. The quantitative estimate of drug-likeness (QED) is 0.796. The second-order valence-corrected chi connectivity index (χ2v) is 3.93. The number of amides is 1. The number of carboxylic acid groups (broad SMARTS) is 1. The summed E-state index contributed by atoms with van der Waals surface area (Å²) in [6.07, 6.45) is 0.138. The molecule has 0 unspecified atom stereocenters. The molecule has 1 amide bonds. The molecule has 0 fully saturated rings. The van der Waals surface area contributed by atoms with E-state index in [0.29, 0.717) is 0 Å². The number of hydrogen-bond donors (Lipinski definition) is 2. The van der Waals surface area contributed by atoms with Crippen molar-refractivity contribution in [1.82, 2.24) is 5.48 Å². The van der Waals surface area contributed by atoms with Crippen LogP contribution in [0.4, 0.5) is 0 Å². The van der Waals surface area contributed by atoms with Crippen molar-refractivity contribution in [2.24, 2.45) is 0 Å². The van der Waals surface area contributed by atoms with Crippen molar-refractivity contribution in [1.29, 1.82) is 0 Å². The lowest BCUT2D eigenvalue weighted by atomic mass is 10.1. The molecule has 0 atom stereocenters. The van der Waals surface area contributed by atoms with E-state index >= 15 is 0 Å². The smallest absolute Gasteiger partial charge is 0.332 e. The molecule has 1 aromatic rings. The van der Waals surface area contributed by atoms with Crippen molar-refractivity contribution in [2.45, 2.75) is 6.42 Å². The zero-order valence-electron chi connectivity index (χ0n) is 8.27. The van der Waals surface area contributed by atoms with Crippen LogP contribution >= 0.6 is 15.9 Å². The van der Waals surface area contributed by atoms with Gasteiger partial charge >= 0.3 is 5.97 Å². The Morgan fingerprint density at radius 3 is 2.81 bits per heavy atom. The van der Waals surface area contributed by atoms with E-state index in [0.717, 1.165) is 10.0 Å². The Bertz CT molecular complexity index is 394. The van der Waals surface area contributed by atoms with Crippen LogP contribution in [0.5, 0.6) is 0 Å². The van der Waals surface area contributed by atoms with E-state index in [1.54, 1.807) is 12.1 Å². The number of carbonyl (C=O) groups is 2. The molecule has 0 aromatic heterocycles. The second kappa shape index (κ2) is 6.24. The number of aliphatic carboxylic acids is 1. The Kier molecular flexibility index (Phi) is 4.94. The minimum atomic E-state index is -1.14. The van der Waals surface area contributed by atoms with Gasteiger partial charge in [-0.3, -0.25) is 9.63 Å². The molecule has 0 bridgehead atoms. The summed E-state index contributed by atoms with van der Waals surface area (Å²) in [5, 5.41) is 8.27. The third-order valence-corrected chi connectivity index (χ3v) is 2.13. The summed E-state index contributed by atoms with van der Waals surface area (Å²) in [4.78, 5) is 25.8. The van der Waals surface area contributed by atoms with E-state index in [4.69, 9.17) is 5.11 Å². The fourth-order valence-corrected chi connectivity index (χ4v) is 1.49. The van der Waals surface area contributed by atoms with Gasteiger partial charge in [-0.2, -0.15) is 0 Å². The monoisotopic (exact) mass is 287 g/mol. The minimum Gasteiger partial charge on any atom is -0.479 e. The predicted molar refractivity (Wildman–Crippen MR) is 59.6 cm³/mol. The summed E-state index contributed by atoms with van der Waals surface area (Å²) in [5.74, 6) is -1.53. The highest BCUT2D eigenvalue weighted by molar-refractivity contribution is 9.10. The highest BCUT2D eigenvalue weighted by Gasteiger charge is 2.04. The average Bonchev–Trinajstić information content (AvgIpc) is 2.16. The van der Waals surface area contributed by atoms with Gasteiger partial charge in [0.2, 0.25) is 5.91 Å². The van der Waals surface area contributed by atoms with Crippen LogP contribution in [-0.2, 0) is 20.8 Å². The predicted octanol–water partition coefficient (Wildman–Crippen LogP) is 1.12. The van der Waals surface area contributed by atoms with Gasteiger partial charge in [0.25, 0.3) is 0 Å². The zero-order chi connectivity index (χ0) is 12.0. The lowest BCUT2D eigenvalue weighted by Crippen LogP contribution is -2.27. The molecule has 0 saturated heterocycles. The Hall–Kier alpha value is -1.40. The van der Waals surface area contributed by atoms with Crippen molar-refractivity contribution in [2.75, 3.05) is 6.61 Å². The van der Waals surface area contributed by atoms with Gasteiger partial charge in [-0.05, 0) is 17.7 Å². The number of benzene rings is 1. The maximum absolute atomic E-state index is 11.3. The Balaban J connectivity index is 2.37. The molecular formula is C10H10BrNO4. The van der Waals surface area contributed by atoms with Crippen molar-refractivity contribution in [3.05, 3.63) is 34.3 Å². The van der Waals surface area contributed by atoms with Crippen LogP contribution in [0.1, 0.15) is 5.56 Å². The van der Waals surface area contributed by atoms with Gasteiger partial charge in [0, 0.05) is 4.47 Å². The van der Waals surface area contributed by atoms with Crippen molar-refractivity contribution >= 4 is 27.8 Å². The summed E-state index contributed by atoms with van der Waals surface area (Å²) in [6.45, 7) is -0.551. The van der Waals surface area contributed by atoms with Gasteiger partial charge in [-0.1, -0.05) is 28.1 Å². The molecule has 0 aliphatic carbocycles. The summed E-state index contributed by atoms with van der Waals surface area (Å²) >= 11 is 3.28. The Labute approximate surface area is 100 Å². The van der Waals surface area contributed by atoms with Gasteiger partial charge in [0.1, 0.15) is 0 Å². The summed E-state index contributed by atoms with van der Waals surface area (Å²) in [5.41, 5.74) is 2.86. The van der Waals surface area contributed by atoms with Crippen LogP contribution in [0.3, 0.4) is 0 Å². The second-order valence-electron chi connectivity index (χ2n) is 3.01. The third kappa shape index (κ3) is 4.90. The molecule has 0 spiro atoms. The molecule has 0 aliphatic heterocycles. The lowest BCUT2D eigenvalue weighted by Gasteiger charge is -2.04. The van der Waals surface area contributed by atoms with Crippen LogP contribution in [0, 0.1) is 0 Å². The number of halogens is 1. The SMILES string of the molecule is O=C(O)CONC(=O)Cc1cccc(Br)c1. The van der Waals surface area contributed by atoms with Crippen LogP contribution < -0.4 is 5.48 Å². The fraction of sp³-hybridized carbons (Fsp3) is 0.200. The molecule has 5 nitrogen and oxygen atoms in total. The van der Waals surface area contributed by atoms with Crippen molar-refractivity contribution in [3.63, 3.8) is 0 Å². The largest absolute Gasteiger partial charge is 0.479 e. The van der Waals surface area contributed by atoms with Crippen LogP contribution in [-0.4, -0.2) is 23.6 Å². The van der Waals surface area contributed by atoms with Crippen LogP contribution in [0.2, 0.25) is 0 Å². The minimum absolute atomic E-state index is 0.138. The van der Waals surface area contributed by atoms with E-state index in [1.807, 2.05) is 17.6 Å². The van der Waals surface area contributed by atoms with E-state index in [1.165, 1.54) is 0 Å². The standard InChI is InChI=1S/C10H10BrNO4/c11-8-3-1-2-7(4-8)5-9(13)12-16-6-10(14)15/h1-4H,5-6H2,(H,12,13)(H,14,15). The molecule has 6 heteroatoms. The first-order valence-electron chi connectivity index (χ1n) is 4.45. The van der Waals surface area contributed by atoms with E-state index in [2.05, 4.69) is 20.8 Å². The maximum Gasteiger partial charge on any atom is 0.332 e. The molecule has 2 N–H and O–H groups in total. The van der Waals surface area contributed by atoms with E-state index < -0.39 is 12.6 Å². The molecule has 0 aliphatic rings. The summed E-state index contributed by atoms with van der Waals surface area (Å²) < 4.78 is 0.879. The molecular weight excluding hydrogens is 278 g/mol. The molecule has 0 heterocycles. The third-order valence-electron chi connectivity index (χ3n) is 1.64. The van der Waals surface area contributed by atoms with Crippen LogP contribution in [0.15, 0.2) is 28.7 Å². The molecule has 0 radical (unpaired) electrons. The Morgan fingerprint density at radius 2 is 2.19 bits per heavy atom. The van der Waals surface area contributed by atoms with Gasteiger partial charge < -0.3 is 5.11 Å². The lowest BCUT2D eigenvalue weighted by molar-refractivity contribution is -0.149. The number of rotatable bonds is 5. The van der Waals surface area contributed by atoms with Gasteiger partial charge in [0.05, 0.1) is 6.42 Å². The first kappa shape index (κ1) is 12.7. The topological polar surface area (TPSA) is 75.6 Å². The normalized spacial score (nSPS) is 9.81. The van der Waals surface area contributed by atoms with Gasteiger partial charge in [0.15, 0.2) is 6.61 Å². The molecule has 1 rings (SSSR count). The molecule has 1 aromatic carbocycles. The molecule has 0 saturated carbocycles. The van der Waals surface area contributed by atoms with E-state index in [9.17, 15) is 9.59 Å². The van der Waals surface area contributed by atoms with Crippen LogP contribution in [0.25, 0.3) is 0 Å². The van der Waals surface area contributed by atoms with Crippen molar-refractivity contribution < 1.29 is 19.5 Å². The summed E-state index contributed by atoms with van der Waals surface area (Å²) in [6, 6.07) is 7.26. The Morgan fingerprint density at radius 1 is 1.44 bits per heavy atom. The fourth-order valence-electron chi connectivity index (χ4n) is 1.05. The first-order valence-corrected chi connectivity index (χ1v) is 5.24. The maximum atomic E-state index is 11.3. The highest BCUT2D eigenvalue weighted by atomic mass is 79.9. The number of carboxylic acids is 1. The number of nitrogens with one attached hydrogen (secondary N) is 1. The highest BCUT2D eigenvalue weighted by Crippen LogP contribution is 2.11. The summed E-state index contributed by atoms with van der Waals surface area (Å²) in [7, 11) is 0. The van der Waals surface area contributed by atoms with Crippen molar-refractivity contribution in [3.8, 4) is 0 Å². The molecule has 16 heavy (non-hydrogen) atoms. The molecule has 86 valence electrons. The van der Waals surface area contributed by atoms with E-state index in [-0.39, 0.29) is 12.3 Å². The van der Waals surface area contributed by atoms with Gasteiger partial charge in [-0.15, -0.1) is 0 Å². The zero-order valence-corrected chi connectivity index (χ0v) is 9.86. The number of hydrogen-bond acceptors (Lipinski definition) is 3. The number of carbonyl (C=O) groups excluding carboxylic acids is 1.